The Morgan fingerprint density at radius 1 is 0.960 bits per heavy atom. The van der Waals surface area contributed by atoms with Gasteiger partial charge < -0.3 is 5.32 Å². The van der Waals surface area contributed by atoms with Crippen molar-refractivity contribution in [2.45, 2.75) is 30.1 Å². The van der Waals surface area contributed by atoms with Crippen LogP contribution in [0.1, 0.15) is 16.7 Å². The maximum atomic E-state index is 12.0. The molecule has 0 aliphatic rings. The summed E-state index contributed by atoms with van der Waals surface area (Å²) >= 11 is 0. The second kappa shape index (κ2) is 7.15. The van der Waals surface area contributed by atoms with Gasteiger partial charge in [0.1, 0.15) is 0 Å². The molecule has 0 spiro atoms. The topological polar surface area (TPSA) is 106 Å². The highest BCUT2D eigenvalue weighted by atomic mass is 32.2. The summed E-state index contributed by atoms with van der Waals surface area (Å²) in [6, 6.07) is 10.1. The van der Waals surface area contributed by atoms with Crippen molar-refractivity contribution in [3.63, 3.8) is 0 Å². The van der Waals surface area contributed by atoms with Crippen molar-refractivity contribution in [3.8, 4) is 0 Å². The number of aryl methyl sites for hydroxylation is 2. The molecule has 0 saturated heterocycles. The number of primary sulfonamides is 1. The molecule has 3 N–H and O–H groups in total. The van der Waals surface area contributed by atoms with Crippen molar-refractivity contribution in [3.05, 3.63) is 53.1 Å². The smallest absolute Gasteiger partial charge is 0.238 e. The summed E-state index contributed by atoms with van der Waals surface area (Å²) in [7, 11) is -7.57. The van der Waals surface area contributed by atoms with Gasteiger partial charge >= 0.3 is 0 Å². The molecule has 0 aromatic heterocycles. The molecule has 0 radical (unpaired) electrons. The van der Waals surface area contributed by atoms with E-state index in [9.17, 15) is 16.8 Å². The van der Waals surface area contributed by atoms with Gasteiger partial charge in [-0.15, -0.1) is 0 Å². The second-order valence-corrected chi connectivity index (χ2v) is 9.69. The van der Waals surface area contributed by atoms with Crippen molar-refractivity contribution in [2.75, 3.05) is 18.1 Å². The summed E-state index contributed by atoms with van der Waals surface area (Å²) in [6.45, 7) is 4.56. The third-order valence-electron chi connectivity index (χ3n) is 3.69. The molecule has 2 aromatic carbocycles. The van der Waals surface area contributed by atoms with Crippen LogP contribution >= 0.6 is 0 Å². The Hall–Kier alpha value is -1.90. The maximum Gasteiger partial charge on any atom is 0.238 e. The maximum absolute atomic E-state index is 12.0. The fourth-order valence-electron chi connectivity index (χ4n) is 2.69. The first-order valence-corrected chi connectivity index (χ1v) is 11.1. The van der Waals surface area contributed by atoms with Gasteiger partial charge in [0, 0.05) is 12.8 Å². The molecule has 2 aromatic rings. The molecule has 8 heteroatoms. The third-order valence-corrected chi connectivity index (χ3v) is 5.74. The molecule has 6 nitrogen and oxygen atoms in total. The number of hydrogen-bond acceptors (Lipinski definition) is 5. The zero-order chi connectivity index (χ0) is 18.8. The van der Waals surface area contributed by atoms with Crippen LogP contribution in [-0.2, 0) is 26.3 Å². The lowest BCUT2D eigenvalue weighted by Gasteiger charge is -2.13. The number of hydrogen-bond donors (Lipinski definition) is 2. The van der Waals surface area contributed by atoms with E-state index in [-0.39, 0.29) is 9.79 Å². The number of nitrogens with two attached hydrogens (primary N) is 1. The SMILES string of the molecule is Cc1cc(C)cc(CCNc2ccc(S(N)(=O)=O)cc2S(C)(=O)=O)c1. The van der Waals surface area contributed by atoms with E-state index in [0.29, 0.717) is 18.7 Å². The van der Waals surface area contributed by atoms with Gasteiger partial charge in [0.05, 0.1) is 15.5 Å². The van der Waals surface area contributed by atoms with Crippen molar-refractivity contribution in [1.82, 2.24) is 0 Å². The fourth-order valence-corrected chi connectivity index (χ4v) is 4.18. The van der Waals surface area contributed by atoms with Gasteiger partial charge in [-0.05, 0) is 44.0 Å². The predicted molar refractivity (Wildman–Crippen MR) is 99.0 cm³/mol. The van der Waals surface area contributed by atoms with E-state index in [2.05, 4.69) is 23.5 Å². The largest absolute Gasteiger partial charge is 0.384 e. The molecule has 136 valence electrons. The normalized spacial score (nSPS) is 12.2. The Balaban J connectivity index is 2.24. The van der Waals surface area contributed by atoms with Crippen LogP contribution in [-0.4, -0.2) is 29.6 Å². The summed E-state index contributed by atoms with van der Waals surface area (Å²) in [5, 5.41) is 8.15. The number of anilines is 1. The summed E-state index contributed by atoms with van der Waals surface area (Å²) in [6.07, 6.45) is 1.74. The Kier molecular flexibility index (Phi) is 5.55. The molecule has 0 heterocycles. The average Bonchev–Trinajstić information content (AvgIpc) is 2.44. The molecular weight excluding hydrogens is 360 g/mol. The van der Waals surface area contributed by atoms with E-state index in [1.54, 1.807) is 0 Å². The molecule has 0 amide bonds. The average molecular weight is 383 g/mol. The standard InChI is InChI=1S/C17H22N2O4S2/c1-12-8-13(2)10-14(9-12)6-7-19-16-5-4-15(25(18,22)23)11-17(16)24(3,20)21/h4-5,8-11,19H,6-7H2,1-3H3,(H2,18,22,23). The van der Waals surface area contributed by atoms with Crippen LogP contribution in [0.4, 0.5) is 5.69 Å². The molecular formula is C17H22N2O4S2. The number of sulfonamides is 1. The van der Waals surface area contributed by atoms with E-state index < -0.39 is 19.9 Å². The van der Waals surface area contributed by atoms with Crippen molar-refractivity contribution in [2.24, 2.45) is 5.14 Å². The van der Waals surface area contributed by atoms with E-state index in [0.717, 1.165) is 17.9 Å². The molecule has 0 fully saturated rings. The van der Waals surface area contributed by atoms with Crippen LogP contribution in [0.3, 0.4) is 0 Å². The van der Waals surface area contributed by atoms with Crippen molar-refractivity contribution >= 4 is 25.5 Å². The number of rotatable bonds is 6. The lowest BCUT2D eigenvalue weighted by atomic mass is 10.1. The van der Waals surface area contributed by atoms with E-state index in [4.69, 9.17) is 5.14 Å². The van der Waals surface area contributed by atoms with Crippen LogP contribution in [0.5, 0.6) is 0 Å². The Bertz CT molecular complexity index is 977. The quantitative estimate of drug-likeness (QED) is 0.795. The highest BCUT2D eigenvalue weighted by Crippen LogP contribution is 2.24. The zero-order valence-corrected chi connectivity index (χ0v) is 16.0. The molecule has 0 unspecified atom stereocenters. The molecule has 0 aliphatic heterocycles. The zero-order valence-electron chi connectivity index (χ0n) is 14.4. The first-order valence-electron chi connectivity index (χ1n) is 7.65. The van der Waals surface area contributed by atoms with Gasteiger partial charge in [0.15, 0.2) is 9.84 Å². The summed E-state index contributed by atoms with van der Waals surface area (Å²) in [5.41, 5.74) is 3.85. The monoisotopic (exact) mass is 382 g/mol. The first kappa shape index (κ1) is 19.4. The highest BCUT2D eigenvalue weighted by molar-refractivity contribution is 7.91. The number of sulfone groups is 1. The lowest BCUT2D eigenvalue weighted by Crippen LogP contribution is -2.15. The summed E-state index contributed by atoms with van der Waals surface area (Å²) < 4.78 is 46.9. The van der Waals surface area contributed by atoms with Crippen LogP contribution in [0.15, 0.2) is 46.2 Å². The van der Waals surface area contributed by atoms with Gasteiger partial charge in [-0.1, -0.05) is 29.3 Å². The molecule has 0 saturated carbocycles. The van der Waals surface area contributed by atoms with Crippen LogP contribution in [0, 0.1) is 13.8 Å². The Morgan fingerprint density at radius 2 is 1.56 bits per heavy atom. The lowest BCUT2D eigenvalue weighted by molar-refractivity contribution is 0.597. The van der Waals surface area contributed by atoms with E-state index >= 15 is 0 Å². The molecule has 2 rings (SSSR count). The molecule has 0 aliphatic carbocycles. The highest BCUT2D eigenvalue weighted by Gasteiger charge is 2.18. The van der Waals surface area contributed by atoms with Crippen LogP contribution in [0.2, 0.25) is 0 Å². The molecule has 0 atom stereocenters. The van der Waals surface area contributed by atoms with Crippen LogP contribution < -0.4 is 10.5 Å². The van der Waals surface area contributed by atoms with E-state index in [1.807, 2.05) is 13.8 Å². The van der Waals surface area contributed by atoms with Crippen molar-refractivity contribution in [1.29, 1.82) is 0 Å². The Labute approximate surface area is 149 Å². The van der Waals surface area contributed by atoms with Crippen molar-refractivity contribution < 1.29 is 16.8 Å². The molecule has 0 bridgehead atoms. The third kappa shape index (κ3) is 5.29. The Morgan fingerprint density at radius 3 is 2.08 bits per heavy atom. The molecule has 25 heavy (non-hydrogen) atoms. The van der Waals surface area contributed by atoms with Gasteiger partial charge in [0.2, 0.25) is 10.0 Å². The van der Waals surface area contributed by atoms with Gasteiger partial charge in [0.25, 0.3) is 0 Å². The minimum atomic E-state index is -3.97. The summed E-state index contributed by atoms with van der Waals surface area (Å²) in [5.74, 6) is 0. The fraction of sp³-hybridized carbons (Fsp3) is 0.294. The minimum Gasteiger partial charge on any atom is -0.384 e. The van der Waals surface area contributed by atoms with Crippen LogP contribution in [0.25, 0.3) is 0 Å². The number of nitrogens with one attached hydrogen (secondary N) is 1. The first-order chi connectivity index (χ1) is 11.5. The van der Waals surface area contributed by atoms with Gasteiger partial charge in [-0.25, -0.2) is 22.0 Å². The summed E-state index contributed by atoms with van der Waals surface area (Å²) in [4.78, 5) is -0.313. The minimum absolute atomic E-state index is 0.0838. The number of benzene rings is 2. The predicted octanol–water partition coefficient (Wildman–Crippen LogP) is 2.01. The van der Waals surface area contributed by atoms with E-state index in [1.165, 1.54) is 23.3 Å². The second-order valence-electron chi connectivity index (χ2n) is 6.15. The van der Waals surface area contributed by atoms with Gasteiger partial charge in [-0.2, -0.15) is 0 Å². The van der Waals surface area contributed by atoms with Gasteiger partial charge in [-0.3, -0.25) is 0 Å².